The van der Waals surface area contributed by atoms with Gasteiger partial charge in [0.2, 0.25) is 0 Å². The van der Waals surface area contributed by atoms with Crippen molar-refractivity contribution in [3.05, 3.63) is 82.8 Å². The third-order valence-electron chi connectivity index (χ3n) is 8.00. The van der Waals surface area contributed by atoms with E-state index in [1.807, 2.05) is 74.2 Å². The number of nitrogens with zero attached hydrogens (tertiary/aromatic N) is 3. The fourth-order valence-electron chi connectivity index (χ4n) is 5.50. The normalized spacial score (nSPS) is 15.8. The van der Waals surface area contributed by atoms with Crippen molar-refractivity contribution in [2.75, 3.05) is 27.2 Å². The Morgan fingerprint density at radius 3 is 2.41 bits per heavy atom. The summed E-state index contributed by atoms with van der Waals surface area (Å²) in [5, 5.41) is 8.51. The Morgan fingerprint density at radius 1 is 1.09 bits per heavy atom. The van der Waals surface area contributed by atoms with Crippen molar-refractivity contribution < 1.29 is 14.3 Å². The maximum Gasteiger partial charge on any atom is 0.253 e. The number of Topliss-reactive ketones (excluding diaryl/α,β-unsaturated/α-hetero) is 1. The largest absolute Gasteiger partial charge is 0.497 e. The molecule has 0 aliphatic carbocycles. The number of benzene rings is 2. The number of ketones is 1. The van der Waals surface area contributed by atoms with E-state index in [2.05, 4.69) is 20.6 Å². The molecule has 0 unspecified atom stereocenters. The van der Waals surface area contributed by atoms with Crippen molar-refractivity contribution in [2.45, 2.75) is 71.1 Å². The molecular formula is C35H46N6O3. The predicted molar refractivity (Wildman–Crippen MR) is 177 cm³/mol. The van der Waals surface area contributed by atoms with Crippen LogP contribution in [0.5, 0.6) is 5.75 Å². The summed E-state index contributed by atoms with van der Waals surface area (Å²) < 4.78 is 5.24. The fraction of sp³-hybridized carbons (Fsp3) is 0.429. The van der Waals surface area contributed by atoms with Crippen LogP contribution in [-0.2, 0) is 17.9 Å². The van der Waals surface area contributed by atoms with E-state index in [4.69, 9.17) is 10.5 Å². The maximum atomic E-state index is 13.6. The molecule has 0 atom stereocenters. The summed E-state index contributed by atoms with van der Waals surface area (Å²) in [6, 6.07) is 15.8. The first-order chi connectivity index (χ1) is 20.9. The molecule has 3 aromatic rings. The molecule has 4 N–H and O–H groups in total. The Balaban J connectivity index is 1.44. The van der Waals surface area contributed by atoms with Crippen molar-refractivity contribution in [3.63, 3.8) is 0 Å². The summed E-state index contributed by atoms with van der Waals surface area (Å²) in [7, 11) is 3.40. The number of aliphatic imine (C=N–C) groups is 1. The molecule has 1 saturated heterocycles. The first-order valence-corrected chi connectivity index (χ1v) is 15.2. The molecule has 4 rings (SSSR count). The van der Waals surface area contributed by atoms with Crippen LogP contribution in [0.3, 0.4) is 0 Å². The van der Waals surface area contributed by atoms with Crippen LogP contribution >= 0.6 is 0 Å². The van der Waals surface area contributed by atoms with E-state index in [1.54, 1.807) is 33.5 Å². The molecule has 0 radical (unpaired) electrons. The molecule has 9 heteroatoms. The number of hydrogen-bond donors (Lipinski definition) is 3. The third-order valence-corrected chi connectivity index (χ3v) is 8.00. The zero-order chi connectivity index (χ0) is 31.9. The molecule has 1 amide bonds. The van der Waals surface area contributed by atoms with Crippen LogP contribution in [0.1, 0.15) is 68.6 Å². The van der Waals surface area contributed by atoms with Crippen molar-refractivity contribution in [2.24, 2.45) is 10.7 Å². The van der Waals surface area contributed by atoms with Gasteiger partial charge < -0.3 is 26.0 Å². The Bertz CT molecular complexity index is 1530. The number of carbonyl (C=O) groups excluding carboxylic acids is 2. The Hall–Kier alpha value is -4.08. The number of nitrogens with two attached hydrogens (primary N) is 1. The van der Waals surface area contributed by atoms with E-state index >= 15 is 0 Å². The minimum atomic E-state index is -0.552. The Labute approximate surface area is 261 Å². The van der Waals surface area contributed by atoms with E-state index in [1.165, 1.54) is 0 Å². The fourth-order valence-corrected chi connectivity index (χ4v) is 5.50. The number of aromatic nitrogens is 1. The van der Waals surface area contributed by atoms with Crippen molar-refractivity contribution in [1.82, 2.24) is 20.5 Å². The number of amides is 1. The van der Waals surface area contributed by atoms with Gasteiger partial charge in [0.05, 0.1) is 24.0 Å². The lowest BCUT2D eigenvalue weighted by Crippen LogP contribution is -2.52. The first kappa shape index (κ1) is 32.8. The smallest absolute Gasteiger partial charge is 0.253 e. The summed E-state index contributed by atoms with van der Waals surface area (Å²) in [5.74, 6) is 0.760. The van der Waals surface area contributed by atoms with Gasteiger partial charge in [-0.3, -0.25) is 19.6 Å². The minimum absolute atomic E-state index is 0.0142. The van der Waals surface area contributed by atoms with E-state index in [0.717, 1.165) is 33.4 Å². The number of ether oxygens (including phenoxy) is 1. The van der Waals surface area contributed by atoms with Crippen LogP contribution < -0.4 is 21.1 Å². The lowest BCUT2D eigenvalue weighted by molar-refractivity contribution is -0.113. The van der Waals surface area contributed by atoms with Gasteiger partial charge in [-0.15, -0.1) is 0 Å². The van der Waals surface area contributed by atoms with Gasteiger partial charge in [0.1, 0.15) is 5.75 Å². The number of likely N-dealkylation sites (tertiary alicyclic amines) is 1. The summed E-state index contributed by atoms with van der Waals surface area (Å²) in [4.78, 5) is 37.2. The molecule has 1 aromatic heterocycles. The van der Waals surface area contributed by atoms with Crippen LogP contribution in [0.25, 0.3) is 10.8 Å². The molecule has 234 valence electrons. The number of carbonyl (C=O) groups is 2. The van der Waals surface area contributed by atoms with Crippen LogP contribution in [0, 0.1) is 0 Å². The monoisotopic (exact) mass is 598 g/mol. The second-order valence-electron chi connectivity index (χ2n) is 12.6. The van der Waals surface area contributed by atoms with Gasteiger partial charge in [-0.2, -0.15) is 0 Å². The van der Waals surface area contributed by atoms with Gasteiger partial charge in [0, 0.05) is 69.1 Å². The van der Waals surface area contributed by atoms with E-state index in [9.17, 15) is 9.59 Å². The minimum Gasteiger partial charge on any atom is -0.497 e. The van der Waals surface area contributed by atoms with Crippen LogP contribution in [0.2, 0.25) is 0 Å². The van der Waals surface area contributed by atoms with Crippen LogP contribution in [0.15, 0.2) is 71.0 Å². The number of likely N-dealkylation sites (N-methyl/N-ethyl adjacent to an activating group) is 1. The van der Waals surface area contributed by atoms with Gasteiger partial charge >= 0.3 is 0 Å². The number of fused-ring (bicyclic) bond motifs is 1. The first-order valence-electron chi connectivity index (χ1n) is 15.2. The molecule has 2 heterocycles. The van der Waals surface area contributed by atoms with Crippen molar-refractivity contribution >= 4 is 28.7 Å². The standard InChI is InChI=1S/C35H46N6O3/c1-24(42)32(37-5)28(22-40-34(2,3)4)20-35(36)14-17-41(18-15-35)33(43)27-10-9-26-13-16-39-31(30(26)19-27)23-38-21-25-7-11-29(44-6)12-8-25/h7-13,16,19,22,37-38H,14-15,17-18,20-21,23,36H2,1-6H3. The van der Waals surface area contributed by atoms with Gasteiger partial charge in [-0.25, -0.2) is 0 Å². The summed E-state index contributed by atoms with van der Waals surface area (Å²) >= 11 is 0. The van der Waals surface area contributed by atoms with Gasteiger partial charge in [0.15, 0.2) is 5.78 Å². The molecule has 44 heavy (non-hydrogen) atoms. The van der Waals surface area contributed by atoms with Crippen molar-refractivity contribution in [3.8, 4) is 5.75 Å². The SMILES string of the molecule is CNC(C(C)=O)=C(C=NC(C)(C)C)CC1(N)CCN(C(=O)c2ccc3ccnc(CNCc4ccc(OC)cc4)c3c2)CC1. The Morgan fingerprint density at radius 2 is 1.80 bits per heavy atom. The van der Waals surface area contributed by atoms with E-state index in [-0.39, 0.29) is 17.2 Å². The second-order valence-corrected chi connectivity index (χ2v) is 12.6. The predicted octanol–water partition coefficient (Wildman–Crippen LogP) is 4.79. The van der Waals surface area contributed by atoms with Gasteiger partial charge in [-0.1, -0.05) is 18.2 Å². The third kappa shape index (κ3) is 8.51. The average Bonchev–Trinajstić information content (AvgIpc) is 3.00. The zero-order valence-corrected chi connectivity index (χ0v) is 26.9. The summed E-state index contributed by atoms with van der Waals surface area (Å²) in [6.45, 7) is 9.93. The molecule has 0 spiro atoms. The molecule has 1 aliphatic heterocycles. The molecule has 1 fully saturated rings. The highest BCUT2D eigenvalue weighted by Crippen LogP contribution is 2.29. The summed E-state index contributed by atoms with van der Waals surface area (Å²) in [6.07, 6.45) is 5.33. The van der Waals surface area contributed by atoms with E-state index in [0.29, 0.717) is 56.7 Å². The molecular weight excluding hydrogens is 552 g/mol. The van der Waals surface area contributed by atoms with Crippen LogP contribution in [0.4, 0.5) is 0 Å². The molecule has 1 aliphatic rings. The number of pyridine rings is 1. The second kappa shape index (κ2) is 14.1. The zero-order valence-electron chi connectivity index (χ0n) is 26.9. The molecule has 0 bridgehead atoms. The molecule has 2 aromatic carbocycles. The number of rotatable bonds is 11. The lowest BCUT2D eigenvalue weighted by Gasteiger charge is -2.40. The van der Waals surface area contributed by atoms with Gasteiger partial charge in [-0.05, 0) is 86.9 Å². The van der Waals surface area contributed by atoms with Crippen molar-refractivity contribution in [1.29, 1.82) is 0 Å². The molecule has 0 saturated carbocycles. The highest BCUT2D eigenvalue weighted by Gasteiger charge is 2.34. The number of allylic oxidation sites excluding steroid dienone is 1. The highest BCUT2D eigenvalue weighted by molar-refractivity contribution is 6.00. The number of hydrogen-bond acceptors (Lipinski definition) is 8. The lowest BCUT2D eigenvalue weighted by atomic mass is 9.82. The number of methoxy groups -OCH3 is 1. The highest BCUT2D eigenvalue weighted by atomic mass is 16.5. The maximum absolute atomic E-state index is 13.6. The molecule has 9 nitrogen and oxygen atoms in total. The quantitative estimate of drug-likeness (QED) is 0.214. The summed E-state index contributed by atoms with van der Waals surface area (Å²) in [5.41, 5.74) is 10.1. The topological polar surface area (TPSA) is 122 Å². The Kier molecular flexibility index (Phi) is 10.5. The van der Waals surface area contributed by atoms with Crippen LogP contribution in [-0.4, -0.2) is 66.1 Å². The number of nitrogens with one attached hydrogen (secondary N) is 2. The van der Waals surface area contributed by atoms with Gasteiger partial charge in [0.25, 0.3) is 5.91 Å². The van der Waals surface area contributed by atoms with E-state index < -0.39 is 5.54 Å². The number of piperidine rings is 1. The average molecular weight is 599 g/mol.